The van der Waals surface area contributed by atoms with Crippen LogP contribution in [0, 0.1) is 6.92 Å². The standard InChI is InChI=1S/C22H36N4O/c1-18-7-9-19(10-8-18)20(24(2)3)21(27)23-17-22(11-5-6-12-22)26-15-13-25(4)14-16-26/h7-10,20H,5-6,11-17H2,1-4H3,(H,23,27)/t20-/m1/s1. The van der Waals surface area contributed by atoms with Crippen LogP contribution in [0.3, 0.4) is 0 Å². The van der Waals surface area contributed by atoms with Gasteiger partial charge in [-0.15, -0.1) is 0 Å². The molecule has 1 N–H and O–H groups in total. The number of amides is 1. The molecule has 0 bridgehead atoms. The minimum absolute atomic E-state index is 0.115. The van der Waals surface area contributed by atoms with E-state index < -0.39 is 0 Å². The Kier molecular flexibility index (Phi) is 6.56. The summed E-state index contributed by atoms with van der Waals surface area (Å²) >= 11 is 0. The zero-order valence-corrected chi connectivity index (χ0v) is 17.5. The molecule has 2 fully saturated rings. The second kappa shape index (κ2) is 8.72. The van der Waals surface area contributed by atoms with Crippen molar-refractivity contribution in [1.82, 2.24) is 20.0 Å². The second-order valence-electron chi connectivity index (χ2n) is 8.72. The average molecular weight is 373 g/mol. The molecule has 1 atom stereocenters. The van der Waals surface area contributed by atoms with Crippen LogP contribution < -0.4 is 5.32 Å². The van der Waals surface area contributed by atoms with Gasteiger partial charge in [0.1, 0.15) is 6.04 Å². The van der Waals surface area contributed by atoms with Gasteiger partial charge >= 0.3 is 0 Å². The molecule has 1 aromatic rings. The highest BCUT2D eigenvalue weighted by Gasteiger charge is 2.41. The first-order valence-corrected chi connectivity index (χ1v) is 10.4. The van der Waals surface area contributed by atoms with Crippen LogP contribution in [0.1, 0.15) is 42.9 Å². The third-order valence-electron chi connectivity index (χ3n) is 6.46. The first kappa shape index (κ1) is 20.3. The molecule has 0 aromatic heterocycles. The molecule has 27 heavy (non-hydrogen) atoms. The number of rotatable bonds is 6. The zero-order valence-electron chi connectivity index (χ0n) is 17.5. The summed E-state index contributed by atoms with van der Waals surface area (Å²) in [4.78, 5) is 20.2. The van der Waals surface area contributed by atoms with Crippen LogP contribution in [0.4, 0.5) is 0 Å². The Hall–Kier alpha value is -1.43. The van der Waals surface area contributed by atoms with Gasteiger partial charge in [-0.05, 0) is 46.5 Å². The van der Waals surface area contributed by atoms with Crippen molar-refractivity contribution in [3.05, 3.63) is 35.4 Å². The van der Waals surface area contributed by atoms with E-state index in [9.17, 15) is 4.79 Å². The fourth-order valence-corrected chi connectivity index (χ4v) is 4.70. The van der Waals surface area contributed by atoms with Crippen molar-refractivity contribution < 1.29 is 4.79 Å². The van der Waals surface area contributed by atoms with Crippen molar-refractivity contribution >= 4 is 5.91 Å². The number of benzene rings is 1. The Balaban J connectivity index is 1.68. The molecular weight excluding hydrogens is 336 g/mol. The summed E-state index contributed by atoms with van der Waals surface area (Å²) in [5, 5.41) is 3.33. The number of hydrogen-bond donors (Lipinski definition) is 1. The van der Waals surface area contributed by atoms with E-state index in [1.807, 2.05) is 19.0 Å². The van der Waals surface area contributed by atoms with E-state index in [0.717, 1.165) is 38.3 Å². The highest BCUT2D eigenvalue weighted by atomic mass is 16.2. The smallest absolute Gasteiger partial charge is 0.242 e. The molecule has 1 aliphatic heterocycles. The SMILES string of the molecule is Cc1ccc([C@H](C(=O)NCC2(N3CCN(C)CC3)CCCC2)N(C)C)cc1. The molecule has 1 amide bonds. The van der Waals surface area contributed by atoms with Crippen LogP contribution in [0.15, 0.2) is 24.3 Å². The van der Waals surface area contributed by atoms with Crippen molar-refractivity contribution in [2.45, 2.75) is 44.2 Å². The summed E-state index contributed by atoms with van der Waals surface area (Å²) in [6, 6.07) is 8.08. The van der Waals surface area contributed by atoms with Gasteiger partial charge in [-0.25, -0.2) is 0 Å². The van der Waals surface area contributed by atoms with Crippen LogP contribution >= 0.6 is 0 Å². The molecular formula is C22H36N4O. The molecule has 0 radical (unpaired) electrons. The quantitative estimate of drug-likeness (QED) is 0.831. The highest BCUT2D eigenvalue weighted by Crippen LogP contribution is 2.35. The molecule has 2 aliphatic rings. The molecule has 1 aliphatic carbocycles. The lowest BCUT2D eigenvalue weighted by Gasteiger charge is -2.45. The molecule has 3 rings (SSSR count). The molecule has 1 aromatic carbocycles. The van der Waals surface area contributed by atoms with Crippen molar-refractivity contribution in [1.29, 1.82) is 0 Å². The number of piperazine rings is 1. The summed E-state index contributed by atoms with van der Waals surface area (Å²) in [6.45, 7) is 7.32. The third-order valence-corrected chi connectivity index (χ3v) is 6.46. The van der Waals surface area contributed by atoms with Gasteiger partial charge in [0.05, 0.1) is 0 Å². The van der Waals surface area contributed by atoms with Gasteiger partial charge in [0.2, 0.25) is 5.91 Å². The summed E-state index contributed by atoms with van der Waals surface area (Å²) in [5.41, 5.74) is 2.43. The van der Waals surface area contributed by atoms with Gasteiger partial charge in [0.25, 0.3) is 0 Å². The van der Waals surface area contributed by atoms with Crippen LogP contribution in [-0.2, 0) is 4.79 Å². The van der Waals surface area contributed by atoms with Crippen molar-refractivity contribution in [3.8, 4) is 0 Å². The Morgan fingerprint density at radius 2 is 1.70 bits per heavy atom. The van der Waals surface area contributed by atoms with Gasteiger partial charge in [-0.3, -0.25) is 14.6 Å². The number of nitrogens with one attached hydrogen (secondary N) is 1. The fraction of sp³-hybridized carbons (Fsp3) is 0.682. The van der Waals surface area contributed by atoms with E-state index in [0.29, 0.717) is 0 Å². The lowest BCUT2D eigenvalue weighted by Crippen LogP contribution is -2.60. The predicted molar refractivity (Wildman–Crippen MR) is 111 cm³/mol. The van der Waals surface area contributed by atoms with Crippen molar-refractivity contribution in [2.75, 3.05) is 53.9 Å². The van der Waals surface area contributed by atoms with Crippen LogP contribution in [0.25, 0.3) is 0 Å². The predicted octanol–water partition coefficient (Wildman–Crippen LogP) is 2.27. The maximum Gasteiger partial charge on any atom is 0.242 e. The first-order valence-electron chi connectivity index (χ1n) is 10.4. The largest absolute Gasteiger partial charge is 0.353 e. The molecule has 0 unspecified atom stereocenters. The molecule has 1 saturated heterocycles. The summed E-state index contributed by atoms with van der Waals surface area (Å²) in [7, 11) is 6.16. The van der Waals surface area contributed by atoms with E-state index in [4.69, 9.17) is 0 Å². The Morgan fingerprint density at radius 1 is 1.11 bits per heavy atom. The molecule has 150 valence electrons. The van der Waals surface area contributed by atoms with Gasteiger partial charge in [-0.2, -0.15) is 0 Å². The van der Waals surface area contributed by atoms with E-state index in [1.54, 1.807) is 0 Å². The molecule has 5 heteroatoms. The number of carbonyl (C=O) groups is 1. The Labute approximate surface area is 164 Å². The normalized spacial score (nSPS) is 22.1. The Bertz CT molecular complexity index is 614. The molecule has 5 nitrogen and oxygen atoms in total. The van der Waals surface area contributed by atoms with Crippen LogP contribution in [0.5, 0.6) is 0 Å². The van der Waals surface area contributed by atoms with E-state index in [-0.39, 0.29) is 17.5 Å². The van der Waals surface area contributed by atoms with Crippen LogP contribution in [-0.4, -0.2) is 80.0 Å². The fourth-order valence-electron chi connectivity index (χ4n) is 4.70. The Morgan fingerprint density at radius 3 is 2.26 bits per heavy atom. The second-order valence-corrected chi connectivity index (χ2v) is 8.72. The molecule has 1 saturated carbocycles. The van der Waals surface area contributed by atoms with Gasteiger partial charge < -0.3 is 10.2 Å². The van der Waals surface area contributed by atoms with E-state index >= 15 is 0 Å². The number of likely N-dealkylation sites (N-methyl/N-ethyl adjacent to an activating group) is 2. The van der Waals surface area contributed by atoms with Gasteiger partial charge in [0, 0.05) is 38.3 Å². The minimum Gasteiger partial charge on any atom is -0.353 e. The molecule has 1 heterocycles. The third kappa shape index (κ3) is 4.71. The zero-order chi connectivity index (χ0) is 19.4. The first-order chi connectivity index (χ1) is 12.9. The lowest BCUT2D eigenvalue weighted by molar-refractivity contribution is -0.126. The van der Waals surface area contributed by atoms with Crippen LogP contribution in [0.2, 0.25) is 0 Å². The maximum absolute atomic E-state index is 13.1. The number of hydrogen-bond acceptors (Lipinski definition) is 4. The monoisotopic (exact) mass is 372 g/mol. The topological polar surface area (TPSA) is 38.8 Å². The van der Waals surface area contributed by atoms with Crippen molar-refractivity contribution in [2.24, 2.45) is 0 Å². The van der Waals surface area contributed by atoms with E-state index in [2.05, 4.69) is 53.4 Å². The lowest BCUT2D eigenvalue weighted by atomic mass is 9.93. The highest BCUT2D eigenvalue weighted by molar-refractivity contribution is 5.83. The summed E-state index contributed by atoms with van der Waals surface area (Å²) < 4.78 is 0. The summed E-state index contributed by atoms with van der Waals surface area (Å²) in [5.74, 6) is 0.115. The van der Waals surface area contributed by atoms with Crippen molar-refractivity contribution in [3.63, 3.8) is 0 Å². The number of carbonyl (C=O) groups excluding carboxylic acids is 1. The molecule has 0 spiro atoms. The average Bonchev–Trinajstić information content (AvgIpc) is 3.12. The van der Waals surface area contributed by atoms with Gasteiger partial charge in [-0.1, -0.05) is 42.7 Å². The summed E-state index contributed by atoms with van der Waals surface area (Å²) in [6.07, 6.45) is 4.96. The maximum atomic E-state index is 13.1. The van der Waals surface area contributed by atoms with Gasteiger partial charge in [0.15, 0.2) is 0 Å². The number of nitrogens with zero attached hydrogens (tertiary/aromatic N) is 3. The minimum atomic E-state index is -0.239. The number of aryl methyl sites for hydroxylation is 1. The van der Waals surface area contributed by atoms with E-state index in [1.165, 1.54) is 31.2 Å².